The lowest BCUT2D eigenvalue weighted by atomic mass is 10.2. The predicted molar refractivity (Wildman–Crippen MR) is 110 cm³/mol. The third-order valence-electron chi connectivity index (χ3n) is 5.06. The molecule has 0 aliphatic rings. The number of unbranched alkanes of at least 4 members (excludes halogenated alkanes) is 1. The molecule has 0 aliphatic carbocycles. The van der Waals surface area contributed by atoms with Gasteiger partial charge in [0.15, 0.2) is 0 Å². The van der Waals surface area contributed by atoms with Gasteiger partial charge in [0, 0.05) is 28.4 Å². The summed E-state index contributed by atoms with van der Waals surface area (Å²) >= 11 is 0. The van der Waals surface area contributed by atoms with Crippen molar-refractivity contribution in [1.29, 1.82) is 0 Å². The molecule has 0 radical (unpaired) electrons. The van der Waals surface area contributed by atoms with Gasteiger partial charge in [-0.05, 0) is 49.1 Å². The molecule has 4 rings (SSSR count). The summed E-state index contributed by atoms with van der Waals surface area (Å²) in [6.07, 6.45) is 3.23. The molecule has 2 heteroatoms. The maximum atomic E-state index is 5.89. The summed E-state index contributed by atoms with van der Waals surface area (Å²) in [5, 5.41) is 2.69. The van der Waals surface area contributed by atoms with Gasteiger partial charge in [-0.15, -0.1) is 0 Å². The molecule has 0 fully saturated rings. The highest BCUT2D eigenvalue weighted by atomic mass is 16.5. The predicted octanol–water partition coefficient (Wildman–Crippen LogP) is 6.22. The fraction of sp³-hybridized carbons (Fsp3) is 0.250. The van der Waals surface area contributed by atoms with Gasteiger partial charge in [0.1, 0.15) is 5.75 Å². The number of benzene rings is 3. The molecule has 0 N–H and O–H groups in total. The molecule has 1 heterocycles. The standard InChI is InChI=1S/C24H25NO/c1-2-19-13-15-20(16-14-19)26-18-8-7-17-25-23-11-5-3-9-21(23)22-10-4-6-12-24(22)25/h3-6,9-16H,2,7-8,17-18H2,1H3. The van der Waals surface area contributed by atoms with Gasteiger partial charge in [0.25, 0.3) is 0 Å². The van der Waals surface area contributed by atoms with E-state index in [4.69, 9.17) is 4.74 Å². The second-order valence-electron chi connectivity index (χ2n) is 6.74. The Bertz CT molecular complexity index is 945. The van der Waals surface area contributed by atoms with E-state index in [0.29, 0.717) is 0 Å². The molecule has 3 aromatic carbocycles. The molecule has 0 bridgehead atoms. The van der Waals surface area contributed by atoms with Crippen molar-refractivity contribution in [3.05, 3.63) is 78.4 Å². The van der Waals surface area contributed by atoms with Gasteiger partial charge in [-0.3, -0.25) is 0 Å². The van der Waals surface area contributed by atoms with Crippen LogP contribution < -0.4 is 4.74 Å². The lowest BCUT2D eigenvalue weighted by Gasteiger charge is -2.09. The fourth-order valence-corrected chi connectivity index (χ4v) is 3.63. The van der Waals surface area contributed by atoms with Crippen LogP contribution in [-0.2, 0) is 13.0 Å². The number of para-hydroxylation sites is 2. The van der Waals surface area contributed by atoms with Crippen molar-refractivity contribution in [2.75, 3.05) is 6.61 Å². The molecule has 0 spiro atoms. The van der Waals surface area contributed by atoms with Crippen LogP contribution in [-0.4, -0.2) is 11.2 Å². The minimum Gasteiger partial charge on any atom is -0.494 e. The molecule has 0 saturated heterocycles. The molecule has 0 atom stereocenters. The molecular formula is C24H25NO. The molecule has 4 aromatic rings. The minimum absolute atomic E-state index is 0.766. The van der Waals surface area contributed by atoms with E-state index in [0.717, 1.165) is 38.2 Å². The van der Waals surface area contributed by atoms with Crippen LogP contribution in [0.1, 0.15) is 25.3 Å². The molecule has 0 unspecified atom stereocenters. The van der Waals surface area contributed by atoms with Gasteiger partial charge in [0.05, 0.1) is 6.61 Å². The Morgan fingerprint density at radius 3 is 1.96 bits per heavy atom. The molecule has 1 aromatic heterocycles. The van der Waals surface area contributed by atoms with Gasteiger partial charge in [-0.2, -0.15) is 0 Å². The van der Waals surface area contributed by atoms with Crippen molar-refractivity contribution in [3.8, 4) is 5.75 Å². The van der Waals surface area contributed by atoms with Crippen molar-refractivity contribution in [1.82, 2.24) is 4.57 Å². The largest absolute Gasteiger partial charge is 0.494 e. The van der Waals surface area contributed by atoms with Gasteiger partial charge >= 0.3 is 0 Å². The second kappa shape index (κ2) is 7.65. The number of nitrogens with zero attached hydrogens (tertiary/aromatic N) is 1. The zero-order chi connectivity index (χ0) is 17.8. The molecular weight excluding hydrogens is 318 g/mol. The zero-order valence-electron chi connectivity index (χ0n) is 15.3. The minimum atomic E-state index is 0.766. The number of fused-ring (bicyclic) bond motifs is 3. The Kier molecular flexibility index (Phi) is 4.92. The number of hydrogen-bond acceptors (Lipinski definition) is 1. The zero-order valence-corrected chi connectivity index (χ0v) is 15.3. The highest BCUT2D eigenvalue weighted by Crippen LogP contribution is 2.28. The Hall–Kier alpha value is -2.74. The number of hydrogen-bond donors (Lipinski definition) is 0. The van der Waals surface area contributed by atoms with Gasteiger partial charge < -0.3 is 9.30 Å². The highest BCUT2D eigenvalue weighted by Gasteiger charge is 2.08. The average Bonchev–Trinajstić information content (AvgIpc) is 3.02. The van der Waals surface area contributed by atoms with Crippen LogP contribution in [0, 0.1) is 0 Å². The smallest absolute Gasteiger partial charge is 0.119 e. The molecule has 132 valence electrons. The first kappa shape index (κ1) is 16.7. The van der Waals surface area contributed by atoms with E-state index in [1.54, 1.807) is 0 Å². The van der Waals surface area contributed by atoms with Crippen LogP contribution in [0.3, 0.4) is 0 Å². The Morgan fingerprint density at radius 2 is 1.35 bits per heavy atom. The number of aryl methyl sites for hydroxylation is 2. The topological polar surface area (TPSA) is 14.2 Å². The van der Waals surface area contributed by atoms with Gasteiger partial charge in [0.2, 0.25) is 0 Å². The summed E-state index contributed by atoms with van der Waals surface area (Å²) in [5.74, 6) is 0.971. The Labute approximate surface area is 155 Å². The Balaban J connectivity index is 1.40. The summed E-state index contributed by atoms with van der Waals surface area (Å²) in [6.45, 7) is 3.96. The van der Waals surface area contributed by atoms with Crippen molar-refractivity contribution in [2.24, 2.45) is 0 Å². The maximum Gasteiger partial charge on any atom is 0.119 e. The van der Waals surface area contributed by atoms with E-state index in [1.165, 1.54) is 27.4 Å². The third-order valence-corrected chi connectivity index (χ3v) is 5.06. The highest BCUT2D eigenvalue weighted by molar-refractivity contribution is 6.07. The lowest BCUT2D eigenvalue weighted by Crippen LogP contribution is -2.02. The fourth-order valence-electron chi connectivity index (χ4n) is 3.63. The van der Waals surface area contributed by atoms with Crippen LogP contribution >= 0.6 is 0 Å². The van der Waals surface area contributed by atoms with Crippen LogP contribution in [0.4, 0.5) is 0 Å². The number of ether oxygens (including phenoxy) is 1. The number of aromatic nitrogens is 1. The lowest BCUT2D eigenvalue weighted by molar-refractivity contribution is 0.304. The van der Waals surface area contributed by atoms with Crippen molar-refractivity contribution in [3.63, 3.8) is 0 Å². The third kappa shape index (κ3) is 3.32. The summed E-state index contributed by atoms with van der Waals surface area (Å²) in [7, 11) is 0. The van der Waals surface area contributed by atoms with E-state index in [9.17, 15) is 0 Å². The molecule has 0 aliphatic heterocycles. The quantitative estimate of drug-likeness (QED) is 0.364. The van der Waals surface area contributed by atoms with E-state index in [-0.39, 0.29) is 0 Å². The monoisotopic (exact) mass is 343 g/mol. The van der Waals surface area contributed by atoms with Gasteiger partial charge in [-0.1, -0.05) is 55.5 Å². The average molecular weight is 343 g/mol. The van der Waals surface area contributed by atoms with Crippen LogP contribution in [0.15, 0.2) is 72.8 Å². The first-order valence-corrected chi connectivity index (χ1v) is 9.54. The summed E-state index contributed by atoms with van der Waals surface area (Å²) in [5.41, 5.74) is 4.00. The molecule has 0 amide bonds. The molecule has 26 heavy (non-hydrogen) atoms. The molecule has 0 saturated carbocycles. The first-order valence-electron chi connectivity index (χ1n) is 9.54. The van der Waals surface area contributed by atoms with Crippen molar-refractivity contribution in [2.45, 2.75) is 32.7 Å². The van der Waals surface area contributed by atoms with Crippen molar-refractivity contribution < 1.29 is 4.74 Å². The Morgan fingerprint density at radius 1 is 0.731 bits per heavy atom. The summed E-state index contributed by atoms with van der Waals surface area (Å²) in [4.78, 5) is 0. The van der Waals surface area contributed by atoms with E-state index >= 15 is 0 Å². The summed E-state index contributed by atoms with van der Waals surface area (Å²) in [6, 6.07) is 25.8. The van der Waals surface area contributed by atoms with E-state index < -0.39 is 0 Å². The van der Waals surface area contributed by atoms with Crippen LogP contribution in [0.5, 0.6) is 5.75 Å². The SMILES string of the molecule is CCc1ccc(OCCCCn2c3ccccc3c3ccccc32)cc1. The maximum absolute atomic E-state index is 5.89. The van der Waals surface area contributed by atoms with Crippen molar-refractivity contribution >= 4 is 21.8 Å². The second-order valence-corrected chi connectivity index (χ2v) is 6.74. The van der Waals surface area contributed by atoms with Gasteiger partial charge in [-0.25, -0.2) is 0 Å². The summed E-state index contributed by atoms with van der Waals surface area (Å²) < 4.78 is 8.34. The molecule has 2 nitrogen and oxygen atoms in total. The first-order chi connectivity index (χ1) is 12.9. The van der Waals surface area contributed by atoms with E-state index in [1.807, 2.05) is 0 Å². The van der Waals surface area contributed by atoms with E-state index in [2.05, 4.69) is 84.3 Å². The van der Waals surface area contributed by atoms with Crippen LogP contribution in [0.2, 0.25) is 0 Å². The normalized spacial score (nSPS) is 11.3. The number of rotatable bonds is 7. The van der Waals surface area contributed by atoms with Crippen LogP contribution in [0.25, 0.3) is 21.8 Å².